The monoisotopic (exact) mass is 262 g/mol. The van der Waals surface area contributed by atoms with Gasteiger partial charge < -0.3 is 5.32 Å². The molecule has 1 N–H and O–H groups in total. The van der Waals surface area contributed by atoms with Gasteiger partial charge in [0, 0.05) is 43.5 Å². The minimum absolute atomic E-state index is 0.700. The number of nitrogens with zero attached hydrogens (tertiary/aromatic N) is 3. The summed E-state index contributed by atoms with van der Waals surface area (Å²) in [5.41, 5.74) is 2.70. The first-order valence-corrected chi connectivity index (χ1v) is 7.69. The summed E-state index contributed by atoms with van der Waals surface area (Å²) in [5.74, 6) is 0. The summed E-state index contributed by atoms with van der Waals surface area (Å²) in [6.07, 6.45) is 8.88. The van der Waals surface area contributed by atoms with E-state index in [1.165, 1.54) is 56.5 Å². The maximum absolute atomic E-state index is 4.37. The third kappa shape index (κ3) is 3.18. The Bertz CT molecular complexity index is 416. The van der Waals surface area contributed by atoms with Crippen LogP contribution in [-0.4, -0.2) is 39.9 Å². The van der Waals surface area contributed by atoms with Gasteiger partial charge in [0.1, 0.15) is 0 Å². The number of aromatic nitrogens is 2. The van der Waals surface area contributed by atoms with E-state index in [1.807, 2.05) is 17.9 Å². The molecule has 2 heterocycles. The fourth-order valence-electron chi connectivity index (χ4n) is 3.06. The van der Waals surface area contributed by atoms with Crippen molar-refractivity contribution in [3.8, 4) is 0 Å². The SMILES string of the molecule is Cc1c(CN(CC2CCCCN2)C2CC2)cnn1C. The number of piperidine rings is 1. The van der Waals surface area contributed by atoms with E-state index in [0.717, 1.165) is 12.6 Å². The second-order valence-corrected chi connectivity index (χ2v) is 6.19. The molecule has 0 bridgehead atoms. The van der Waals surface area contributed by atoms with E-state index in [-0.39, 0.29) is 0 Å². The molecule has 1 saturated carbocycles. The lowest BCUT2D eigenvalue weighted by atomic mass is 10.0. The van der Waals surface area contributed by atoms with Crippen molar-refractivity contribution in [3.63, 3.8) is 0 Å². The highest BCUT2D eigenvalue weighted by molar-refractivity contribution is 5.16. The minimum Gasteiger partial charge on any atom is -0.313 e. The Hall–Kier alpha value is -0.870. The number of nitrogens with one attached hydrogen (secondary N) is 1. The Morgan fingerprint density at radius 1 is 1.37 bits per heavy atom. The van der Waals surface area contributed by atoms with Crippen LogP contribution < -0.4 is 5.32 Å². The molecule has 19 heavy (non-hydrogen) atoms. The average Bonchev–Trinajstić information content (AvgIpc) is 3.22. The molecule has 1 aliphatic heterocycles. The molecule has 0 aromatic carbocycles. The molecule has 0 radical (unpaired) electrons. The average molecular weight is 262 g/mol. The topological polar surface area (TPSA) is 33.1 Å². The highest BCUT2D eigenvalue weighted by Gasteiger charge is 2.31. The van der Waals surface area contributed by atoms with Crippen molar-refractivity contribution in [1.29, 1.82) is 0 Å². The summed E-state index contributed by atoms with van der Waals surface area (Å²) in [4.78, 5) is 2.67. The molecule has 4 heteroatoms. The third-order valence-electron chi connectivity index (χ3n) is 4.64. The lowest BCUT2D eigenvalue weighted by Crippen LogP contribution is -2.44. The van der Waals surface area contributed by atoms with E-state index >= 15 is 0 Å². The summed E-state index contributed by atoms with van der Waals surface area (Å²) in [7, 11) is 2.03. The van der Waals surface area contributed by atoms with E-state index in [9.17, 15) is 0 Å². The van der Waals surface area contributed by atoms with Crippen molar-refractivity contribution in [2.24, 2.45) is 7.05 Å². The molecular formula is C15H26N4. The van der Waals surface area contributed by atoms with E-state index in [2.05, 4.69) is 22.2 Å². The van der Waals surface area contributed by atoms with Crippen molar-refractivity contribution < 1.29 is 0 Å². The van der Waals surface area contributed by atoms with E-state index in [4.69, 9.17) is 0 Å². The van der Waals surface area contributed by atoms with Gasteiger partial charge >= 0.3 is 0 Å². The van der Waals surface area contributed by atoms with Crippen LogP contribution >= 0.6 is 0 Å². The van der Waals surface area contributed by atoms with Crippen molar-refractivity contribution in [2.75, 3.05) is 13.1 Å². The standard InChI is InChI=1S/C15H26N4/c1-12-13(9-17-18(12)2)10-19(15-6-7-15)11-14-5-3-4-8-16-14/h9,14-16H,3-8,10-11H2,1-2H3. The van der Waals surface area contributed by atoms with Crippen LogP contribution in [0.3, 0.4) is 0 Å². The maximum atomic E-state index is 4.37. The van der Waals surface area contributed by atoms with Gasteiger partial charge in [-0.3, -0.25) is 9.58 Å². The van der Waals surface area contributed by atoms with E-state index in [0.29, 0.717) is 6.04 Å². The second-order valence-electron chi connectivity index (χ2n) is 6.19. The van der Waals surface area contributed by atoms with Crippen LogP contribution in [0.25, 0.3) is 0 Å². The molecule has 1 aliphatic carbocycles. The molecule has 3 rings (SSSR count). The number of hydrogen-bond donors (Lipinski definition) is 1. The molecule has 106 valence electrons. The first kappa shape index (κ1) is 13.1. The van der Waals surface area contributed by atoms with Gasteiger partial charge in [0.15, 0.2) is 0 Å². The molecule has 2 fully saturated rings. The molecule has 2 aliphatic rings. The molecule has 1 saturated heterocycles. The van der Waals surface area contributed by atoms with Gasteiger partial charge in [-0.2, -0.15) is 5.10 Å². The molecule has 0 spiro atoms. The van der Waals surface area contributed by atoms with Gasteiger partial charge in [-0.15, -0.1) is 0 Å². The normalized spacial score (nSPS) is 24.1. The van der Waals surface area contributed by atoms with Crippen molar-refractivity contribution >= 4 is 0 Å². The molecule has 1 aromatic heterocycles. The summed E-state index contributed by atoms with van der Waals surface area (Å²) in [5, 5.41) is 8.05. The van der Waals surface area contributed by atoms with Gasteiger partial charge in [0.05, 0.1) is 6.20 Å². The van der Waals surface area contributed by atoms with Gasteiger partial charge in [0.25, 0.3) is 0 Å². The molecule has 1 aromatic rings. The lowest BCUT2D eigenvalue weighted by molar-refractivity contribution is 0.208. The number of hydrogen-bond acceptors (Lipinski definition) is 3. The number of aryl methyl sites for hydroxylation is 1. The van der Waals surface area contributed by atoms with Crippen LogP contribution in [0.1, 0.15) is 43.4 Å². The minimum atomic E-state index is 0.700. The molecule has 1 unspecified atom stereocenters. The van der Waals surface area contributed by atoms with Gasteiger partial charge in [-0.25, -0.2) is 0 Å². The first-order chi connectivity index (χ1) is 9.24. The highest BCUT2D eigenvalue weighted by atomic mass is 15.3. The Balaban J connectivity index is 1.62. The third-order valence-corrected chi connectivity index (χ3v) is 4.64. The van der Waals surface area contributed by atoms with Crippen LogP contribution in [0.4, 0.5) is 0 Å². The predicted octanol–water partition coefficient (Wildman–Crippen LogP) is 1.84. The van der Waals surface area contributed by atoms with Crippen molar-refractivity contribution in [3.05, 3.63) is 17.5 Å². The fraction of sp³-hybridized carbons (Fsp3) is 0.800. The van der Waals surface area contributed by atoms with Crippen molar-refractivity contribution in [1.82, 2.24) is 20.0 Å². The summed E-state index contributed by atoms with van der Waals surface area (Å²) in [6.45, 7) is 5.66. The Morgan fingerprint density at radius 2 is 2.21 bits per heavy atom. The van der Waals surface area contributed by atoms with Crippen molar-refractivity contribution in [2.45, 2.75) is 57.7 Å². The Kier molecular flexibility index (Phi) is 3.89. The van der Waals surface area contributed by atoms with E-state index < -0.39 is 0 Å². The number of rotatable bonds is 5. The van der Waals surface area contributed by atoms with E-state index in [1.54, 1.807) is 0 Å². The summed E-state index contributed by atoms with van der Waals surface area (Å²) >= 11 is 0. The highest BCUT2D eigenvalue weighted by Crippen LogP contribution is 2.29. The smallest absolute Gasteiger partial charge is 0.0537 e. The molecular weight excluding hydrogens is 236 g/mol. The summed E-state index contributed by atoms with van der Waals surface area (Å²) < 4.78 is 1.99. The molecule has 1 atom stereocenters. The Labute approximate surface area is 116 Å². The first-order valence-electron chi connectivity index (χ1n) is 7.69. The van der Waals surface area contributed by atoms with Gasteiger partial charge in [-0.05, 0) is 39.2 Å². The molecule has 4 nitrogen and oxygen atoms in total. The largest absolute Gasteiger partial charge is 0.313 e. The van der Waals surface area contributed by atoms with Crippen LogP contribution in [0.2, 0.25) is 0 Å². The summed E-state index contributed by atoms with van der Waals surface area (Å²) in [6, 6.07) is 1.52. The second kappa shape index (κ2) is 5.63. The zero-order valence-corrected chi connectivity index (χ0v) is 12.2. The Morgan fingerprint density at radius 3 is 2.79 bits per heavy atom. The van der Waals surface area contributed by atoms with Crippen LogP contribution in [0, 0.1) is 6.92 Å². The molecule has 0 amide bonds. The quantitative estimate of drug-likeness (QED) is 0.879. The lowest BCUT2D eigenvalue weighted by Gasteiger charge is -2.30. The van der Waals surface area contributed by atoms with Gasteiger partial charge in [-0.1, -0.05) is 6.42 Å². The zero-order valence-electron chi connectivity index (χ0n) is 12.2. The van der Waals surface area contributed by atoms with Crippen LogP contribution in [0.5, 0.6) is 0 Å². The predicted molar refractivity (Wildman–Crippen MR) is 77.0 cm³/mol. The van der Waals surface area contributed by atoms with Crippen LogP contribution in [0.15, 0.2) is 6.20 Å². The van der Waals surface area contributed by atoms with Crippen LogP contribution in [-0.2, 0) is 13.6 Å². The fourth-order valence-corrected chi connectivity index (χ4v) is 3.06. The zero-order chi connectivity index (χ0) is 13.2. The van der Waals surface area contributed by atoms with Gasteiger partial charge in [0.2, 0.25) is 0 Å². The maximum Gasteiger partial charge on any atom is 0.0537 e.